The quantitative estimate of drug-likeness (QED) is 0.890. The fourth-order valence-corrected chi connectivity index (χ4v) is 1.19. The van der Waals surface area contributed by atoms with E-state index in [-0.39, 0.29) is 17.3 Å². The molecule has 17 heavy (non-hydrogen) atoms. The molecule has 0 aliphatic heterocycles. The molecule has 1 N–H and O–H groups in total. The average molecular weight is 251 g/mol. The molecule has 0 aliphatic carbocycles. The maximum Gasteiger partial charge on any atom is 0.396 e. The molecule has 0 radical (unpaired) electrons. The summed E-state index contributed by atoms with van der Waals surface area (Å²) in [6, 6.07) is 0. The first-order valence-corrected chi connectivity index (χ1v) is 5.29. The lowest BCUT2D eigenvalue weighted by molar-refractivity contribution is -0.128. The lowest BCUT2D eigenvalue weighted by Gasteiger charge is -2.19. The van der Waals surface area contributed by atoms with Gasteiger partial charge in [0.25, 0.3) is 0 Å². The van der Waals surface area contributed by atoms with Crippen LogP contribution in [0.2, 0.25) is 0 Å². The van der Waals surface area contributed by atoms with Gasteiger partial charge in [-0.05, 0) is 20.8 Å². The molecule has 0 atom stereocenters. The van der Waals surface area contributed by atoms with Crippen LogP contribution < -0.4 is 5.32 Å². The third-order valence-corrected chi connectivity index (χ3v) is 1.86. The zero-order valence-corrected chi connectivity index (χ0v) is 10.1. The van der Waals surface area contributed by atoms with Gasteiger partial charge in [-0.3, -0.25) is 0 Å². The Labute approximate surface area is 97.6 Å². The van der Waals surface area contributed by atoms with Gasteiger partial charge in [0.15, 0.2) is 5.82 Å². The Kier molecular flexibility index (Phi) is 4.13. The first-order chi connectivity index (χ1) is 7.66. The number of halogens is 3. The second-order valence-corrected chi connectivity index (χ2v) is 4.82. The van der Waals surface area contributed by atoms with Crippen LogP contribution in [0.5, 0.6) is 0 Å². The topological polar surface area (TPSA) is 51.0 Å². The van der Waals surface area contributed by atoms with Gasteiger partial charge in [-0.15, -0.1) is 0 Å². The van der Waals surface area contributed by atoms with Gasteiger partial charge in [-0.2, -0.15) is 18.2 Å². The highest BCUT2D eigenvalue weighted by atomic mass is 19.4. The van der Waals surface area contributed by atoms with Crippen LogP contribution in [0.4, 0.5) is 13.2 Å². The van der Waals surface area contributed by atoms with E-state index in [9.17, 15) is 13.2 Å². The second-order valence-electron chi connectivity index (χ2n) is 4.82. The molecule has 1 heterocycles. The molecular formula is C10H16F3N3O. The second kappa shape index (κ2) is 5.03. The molecule has 0 bridgehead atoms. The first kappa shape index (κ1) is 14.0. The summed E-state index contributed by atoms with van der Waals surface area (Å²) in [5.74, 6) is -0.0933. The number of nitrogens with zero attached hydrogens (tertiary/aromatic N) is 2. The van der Waals surface area contributed by atoms with Crippen LogP contribution in [0.1, 0.15) is 32.5 Å². The smallest absolute Gasteiger partial charge is 0.339 e. The van der Waals surface area contributed by atoms with Crippen LogP contribution in [0.15, 0.2) is 4.52 Å². The number of rotatable bonds is 4. The molecule has 98 valence electrons. The third kappa shape index (κ3) is 6.25. The van der Waals surface area contributed by atoms with Crippen molar-refractivity contribution in [2.75, 3.05) is 6.54 Å². The minimum Gasteiger partial charge on any atom is -0.339 e. The zero-order chi connectivity index (χ0) is 13.1. The summed E-state index contributed by atoms with van der Waals surface area (Å²) in [6.07, 6.45) is -5.03. The minimum atomic E-state index is -4.30. The fourth-order valence-electron chi connectivity index (χ4n) is 1.19. The Morgan fingerprint density at radius 2 is 1.88 bits per heavy atom. The molecule has 1 aromatic rings. The molecule has 0 fully saturated rings. The van der Waals surface area contributed by atoms with E-state index in [2.05, 4.69) is 15.5 Å². The lowest BCUT2D eigenvalue weighted by atomic mass is 10.1. The van der Waals surface area contributed by atoms with Gasteiger partial charge in [-0.1, -0.05) is 5.16 Å². The van der Waals surface area contributed by atoms with Crippen molar-refractivity contribution in [2.45, 2.75) is 45.3 Å². The lowest BCUT2D eigenvalue weighted by Crippen LogP contribution is -2.37. The Hall–Kier alpha value is -1.11. The number of hydrogen-bond acceptors (Lipinski definition) is 4. The Morgan fingerprint density at radius 3 is 2.41 bits per heavy atom. The molecule has 0 aliphatic rings. The number of hydrogen-bond donors (Lipinski definition) is 1. The summed E-state index contributed by atoms with van der Waals surface area (Å²) >= 11 is 0. The van der Waals surface area contributed by atoms with Gasteiger partial charge in [0.05, 0.1) is 0 Å². The minimum absolute atomic E-state index is 0.0468. The molecule has 0 amide bonds. The van der Waals surface area contributed by atoms with E-state index in [1.807, 2.05) is 20.8 Å². The molecule has 7 heteroatoms. The van der Waals surface area contributed by atoms with Crippen LogP contribution in [0, 0.1) is 0 Å². The van der Waals surface area contributed by atoms with E-state index in [4.69, 9.17) is 4.52 Å². The summed E-state index contributed by atoms with van der Waals surface area (Å²) in [4.78, 5) is 3.68. The molecule has 4 nitrogen and oxygen atoms in total. The molecular weight excluding hydrogens is 235 g/mol. The van der Waals surface area contributed by atoms with Crippen molar-refractivity contribution in [3.8, 4) is 0 Å². The number of alkyl halides is 3. The maximum atomic E-state index is 12.0. The highest BCUT2D eigenvalue weighted by molar-refractivity contribution is 4.89. The van der Waals surface area contributed by atoms with Gasteiger partial charge in [0.1, 0.15) is 6.42 Å². The van der Waals surface area contributed by atoms with E-state index in [1.54, 1.807) is 0 Å². The van der Waals surface area contributed by atoms with Crippen LogP contribution in [0.3, 0.4) is 0 Å². The predicted octanol–water partition coefficient (Wildman–Crippen LogP) is 2.10. The Morgan fingerprint density at radius 1 is 1.24 bits per heavy atom. The molecule has 1 rings (SSSR count). The zero-order valence-electron chi connectivity index (χ0n) is 10.1. The molecule has 0 saturated carbocycles. The fraction of sp³-hybridized carbons (Fsp3) is 0.800. The molecule has 0 saturated heterocycles. The predicted molar refractivity (Wildman–Crippen MR) is 55.5 cm³/mol. The average Bonchev–Trinajstić information content (AvgIpc) is 2.46. The van der Waals surface area contributed by atoms with Crippen molar-refractivity contribution in [3.05, 3.63) is 11.7 Å². The standard InChI is InChI=1S/C10H16F3N3O/c1-9(2,3)14-5-4-8-15-7(16-17-8)6-10(11,12)13/h14H,4-6H2,1-3H3. The van der Waals surface area contributed by atoms with Crippen LogP contribution in [-0.4, -0.2) is 28.4 Å². The first-order valence-electron chi connectivity index (χ1n) is 5.29. The van der Waals surface area contributed by atoms with Gasteiger partial charge >= 0.3 is 6.18 Å². The van der Waals surface area contributed by atoms with Gasteiger partial charge < -0.3 is 9.84 Å². The highest BCUT2D eigenvalue weighted by Gasteiger charge is 2.30. The van der Waals surface area contributed by atoms with Gasteiger partial charge in [0, 0.05) is 18.5 Å². The summed E-state index contributed by atoms with van der Waals surface area (Å²) in [5, 5.41) is 6.46. The molecule has 0 unspecified atom stereocenters. The Balaban J connectivity index is 2.41. The highest BCUT2D eigenvalue weighted by Crippen LogP contribution is 2.19. The van der Waals surface area contributed by atoms with E-state index in [0.717, 1.165) is 0 Å². The van der Waals surface area contributed by atoms with E-state index in [0.29, 0.717) is 13.0 Å². The van der Waals surface area contributed by atoms with Crippen molar-refractivity contribution in [2.24, 2.45) is 0 Å². The van der Waals surface area contributed by atoms with Gasteiger partial charge in [0.2, 0.25) is 5.89 Å². The number of aromatic nitrogens is 2. The van der Waals surface area contributed by atoms with Crippen LogP contribution >= 0.6 is 0 Å². The van der Waals surface area contributed by atoms with Crippen molar-refractivity contribution >= 4 is 0 Å². The molecule has 1 aromatic heterocycles. The third-order valence-electron chi connectivity index (χ3n) is 1.86. The van der Waals surface area contributed by atoms with Crippen LogP contribution in [0.25, 0.3) is 0 Å². The summed E-state index contributed by atoms with van der Waals surface area (Å²) in [7, 11) is 0. The molecule has 0 aromatic carbocycles. The summed E-state index contributed by atoms with van der Waals surface area (Å²) in [6.45, 7) is 6.57. The van der Waals surface area contributed by atoms with Crippen molar-refractivity contribution in [3.63, 3.8) is 0 Å². The SMILES string of the molecule is CC(C)(C)NCCc1nc(CC(F)(F)F)no1. The normalized spacial score (nSPS) is 13.1. The largest absolute Gasteiger partial charge is 0.396 e. The van der Waals surface area contributed by atoms with Crippen LogP contribution in [-0.2, 0) is 12.8 Å². The number of nitrogens with one attached hydrogen (secondary N) is 1. The Bertz CT molecular complexity index is 354. The molecule has 0 spiro atoms. The van der Waals surface area contributed by atoms with Crippen molar-refractivity contribution in [1.82, 2.24) is 15.5 Å². The van der Waals surface area contributed by atoms with E-state index in [1.165, 1.54) is 0 Å². The van der Waals surface area contributed by atoms with Crippen molar-refractivity contribution in [1.29, 1.82) is 0 Å². The summed E-state index contributed by atoms with van der Waals surface area (Å²) < 4.78 is 40.8. The maximum absolute atomic E-state index is 12.0. The summed E-state index contributed by atoms with van der Waals surface area (Å²) in [5.41, 5.74) is -0.0468. The monoisotopic (exact) mass is 251 g/mol. The van der Waals surface area contributed by atoms with E-state index >= 15 is 0 Å². The van der Waals surface area contributed by atoms with E-state index < -0.39 is 12.6 Å². The van der Waals surface area contributed by atoms with Gasteiger partial charge in [-0.25, -0.2) is 0 Å². The van der Waals surface area contributed by atoms with Crippen molar-refractivity contribution < 1.29 is 17.7 Å².